The average molecular weight is 182 g/mol. The van der Waals surface area contributed by atoms with Crippen LogP contribution in [0.3, 0.4) is 0 Å². The molecule has 0 aromatic carbocycles. The highest BCUT2D eigenvalue weighted by Crippen LogP contribution is 2.37. The quantitative estimate of drug-likeness (QED) is 0.330. The fourth-order valence-corrected chi connectivity index (χ4v) is 1.60. The summed E-state index contributed by atoms with van der Waals surface area (Å²) >= 11 is 0. The first kappa shape index (κ1) is 8.44. The Morgan fingerprint density at radius 3 is 3.00 bits per heavy atom. The third-order valence-electron chi connectivity index (χ3n) is 2.26. The van der Waals surface area contributed by atoms with Gasteiger partial charge in [-0.2, -0.15) is 0 Å². The topological polar surface area (TPSA) is 55.9 Å². The molecule has 3 atom stereocenters. The Bertz CT molecular complexity index is 294. The van der Waals surface area contributed by atoms with E-state index in [2.05, 4.69) is 6.58 Å². The lowest BCUT2D eigenvalue weighted by Gasteiger charge is -2.18. The molecule has 13 heavy (non-hydrogen) atoms. The molecule has 1 heterocycles. The lowest BCUT2D eigenvalue weighted by Crippen LogP contribution is -2.32. The fraction of sp³-hybridized carbons (Fsp3) is 0.556. The molecular weight excluding hydrogens is 172 g/mol. The summed E-state index contributed by atoms with van der Waals surface area (Å²) < 4.78 is 10.1. The van der Waals surface area contributed by atoms with E-state index in [9.17, 15) is 9.59 Å². The first-order valence-corrected chi connectivity index (χ1v) is 4.14. The van der Waals surface area contributed by atoms with Crippen molar-refractivity contribution in [2.45, 2.75) is 31.7 Å². The van der Waals surface area contributed by atoms with Crippen molar-refractivity contribution in [1.82, 2.24) is 0 Å². The predicted octanol–water partition coefficient (Wildman–Crippen LogP) is 0.214. The molecule has 1 aliphatic heterocycles. The predicted molar refractivity (Wildman–Crippen MR) is 43.0 cm³/mol. The largest absolute Gasteiger partial charge is 0.459 e. The maximum Gasteiger partial charge on any atom is 0.303 e. The van der Waals surface area contributed by atoms with Crippen molar-refractivity contribution in [2.24, 2.45) is 0 Å². The van der Waals surface area contributed by atoms with Crippen LogP contribution in [0.1, 0.15) is 13.3 Å². The van der Waals surface area contributed by atoms with E-state index in [1.54, 1.807) is 0 Å². The van der Waals surface area contributed by atoms with E-state index in [1.807, 2.05) is 0 Å². The highest BCUT2D eigenvalue weighted by molar-refractivity contribution is 6.01. The van der Waals surface area contributed by atoms with Crippen LogP contribution in [0.15, 0.2) is 12.2 Å². The summed E-state index contributed by atoms with van der Waals surface area (Å²) in [6.45, 7) is 4.95. The minimum absolute atomic E-state index is 0.0478. The van der Waals surface area contributed by atoms with Crippen molar-refractivity contribution >= 4 is 11.8 Å². The van der Waals surface area contributed by atoms with Gasteiger partial charge in [0.1, 0.15) is 12.2 Å². The summed E-state index contributed by atoms with van der Waals surface area (Å²) in [5.74, 6) is -0.394. The van der Waals surface area contributed by atoms with Crippen molar-refractivity contribution in [2.75, 3.05) is 0 Å². The molecule has 0 bridgehead atoms. The molecule has 0 spiro atoms. The van der Waals surface area contributed by atoms with Gasteiger partial charge in [-0.1, -0.05) is 6.58 Å². The molecule has 70 valence electrons. The summed E-state index contributed by atoms with van der Waals surface area (Å²) in [5, 5.41) is 0. The van der Waals surface area contributed by atoms with Crippen LogP contribution in [0.25, 0.3) is 0 Å². The van der Waals surface area contributed by atoms with Crippen LogP contribution >= 0.6 is 0 Å². The van der Waals surface area contributed by atoms with E-state index in [0.29, 0.717) is 12.0 Å². The van der Waals surface area contributed by atoms with E-state index in [1.165, 1.54) is 6.92 Å². The molecule has 1 saturated carbocycles. The normalized spacial score (nSPS) is 36.8. The van der Waals surface area contributed by atoms with Crippen LogP contribution in [0, 0.1) is 0 Å². The van der Waals surface area contributed by atoms with E-state index in [-0.39, 0.29) is 24.0 Å². The third-order valence-corrected chi connectivity index (χ3v) is 2.26. The monoisotopic (exact) mass is 182 g/mol. The lowest BCUT2D eigenvalue weighted by molar-refractivity contribution is -0.147. The zero-order valence-electron chi connectivity index (χ0n) is 7.28. The van der Waals surface area contributed by atoms with Crippen molar-refractivity contribution in [3.05, 3.63) is 12.2 Å². The van der Waals surface area contributed by atoms with Gasteiger partial charge in [-0.15, -0.1) is 0 Å². The molecule has 2 aliphatic rings. The van der Waals surface area contributed by atoms with Crippen molar-refractivity contribution in [3.63, 3.8) is 0 Å². The third kappa shape index (κ3) is 1.37. The second kappa shape index (κ2) is 2.67. The number of carbonyl (C=O) groups excluding carboxylic acids is 2. The number of carbonyl (C=O) groups is 2. The van der Waals surface area contributed by atoms with Gasteiger partial charge in [-0.05, 0) is 5.57 Å². The molecular formula is C9H10O4. The van der Waals surface area contributed by atoms with Crippen LogP contribution in [0.5, 0.6) is 0 Å². The van der Waals surface area contributed by atoms with E-state index < -0.39 is 6.10 Å². The Balaban J connectivity index is 2.05. The second-order valence-corrected chi connectivity index (χ2v) is 3.34. The molecule has 0 unspecified atom stereocenters. The summed E-state index contributed by atoms with van der Waals surface area (Å²) in [7, 11) is 0. The van der Waals surface area contributed by atoms with Gasteiger partial charge in [0, 0.05) is 13.3 Å². The second-order valence-electron chi connectivity index (χ2n) is 3.34. The van der Waals surface area contributed by atoms with E-state index in [0.717, 1.165) is 0 Å². The standard InChI is InChI=1S/C9H10O4/c1-4-3-6(12-5(2)10)8-9(13-8)7(4)11/h6,8-9H,1,3H2,2H3/t6-,8+,9-/m1/s1. The van der Waals surface area contributed by atoms with Crippen LogP contribution < -0.4 is 0 Å². The Morgan fingerprint density at radius 2 is 2.38 bits per heavy atom. The first-order valence-electron chi connectivity index (χ1n) is 4.14. The number of ketones is 1. The van der Waals surface area contributed by atoms with Crippen LogP contribution in [-0.2, 0) is 19.1 Å². The lowest BCUT2D eigenvalue weighted by atomic mass is 9.92. The van der Waals surface area contributed by atoms with Crippen LogP contribution in [0.2, 0.25) is 0 Å². The number of ether oxygens (including phenoxy) is 2. The smallest absolute Gasteiger partial charge is 0.303 e. The van der Waals surface area contributed by atoms with Gasteiger partial charge in [-0.3, -0.25) is 9.59 Å². The molecule has 0 aromatic rings. The van der Waals surface area contributed by atoms with Gasteiger partial charge in [0.15, 0.2) is 11.9 Å². The number of rotatable bonds is 1. The minimum Gasteiger partial charge on any atom is -0.459 e. The van der Waals surface area contributed by atoms with Gasteiger partial charge in [0.2, 0.25) is 0 Å². The van der Waals surface area contributed by atoms with E-state index in [4.69, 9.17) is 9.47 Å². The molecule has 0 N–H and O–H groups in total. The summed E-state index contributed by atoms with van der Waals surface area (Å²) in [5.41, 5.74) is 0.491. The Hall–Kier alpha value is -1.16. The number of epoxide rings is 1. The number of hydrogen-bond acceptors (Lipinski definition) is 4. The maximum absolute atomic E-state index is 11.2. The molecule has 0 radical (unpaired) electrons. The number of Topliss-reactive ketones (excluding diaryl/α,β-unsaturated/α-hetero) is 1. The molecule has 1 aliphatic carbocycles. The van der Waals surface area contributed by atoms with Crippen molar-refractivity contribution < 1.29 is 19.1 Å². The Morgan fingerprint density at radius 1 is 1.69 bits per heavy atom. The maximum atomic E-state index is 11.2. The molecule has 0 aromatic heterocycles. The molecule has 1 saturated heterocycles. The average Bonchev–Trinajstić information content (AvgIpc) is 2.77. The number of fused-ring (bicyclic) bond motifs is 1. The zero-order valence-corrected chi connectivity index (χ0v) is 7.28. The highest BCUT2D eigenvalue weighted by Gasteiger charge is 2.55. The van der Waals surface area contributed by atoms with Crippen molar-refractivity contribution in [1.29, 1.82) is 0 Å². The van der Waals surface area contributed by atoms with Gasteiger partial charge in [-0.25, -0.2) is 0 Å². The Kier molecular flexibility index (Phi) is 1.73. The first-order chi connectivity index (χ1) is 6.09. The summed E-state index contributed by atoms with van der Waals surface area (Å²) in [4.78, 5) is 21.9. The van der Waals surface area contributed by atoms with E-state index >= 15 is 0 Å². The highest BCUT2D eigenvalue weighted by atomic mass is 16.6. The molecule has 2 fully saturated rings. The fourth-order valence-electron chi connectivity index (χ4n) is 1.60. The Labute approximate surface area is 75.5 Å². The van der Waals surface area contributed by atoms with Gasteiger partial charge in [0.25, 0.3) is 0 Å². The zero-order chi connectivity index (χ0) is 9.59. The minimum atomic E-state index is -0.398. The molecule has 4 nitrogen and oxygen atoms in total. The van der Waals surface area contributed by atoms with Crippen molar-refractivity contribution in [3.8, 4) is 0 Å². The number of esters is 1. The molecule has 4 heteroatoms. The van der Waals surface area contributed by atoms with Gasteiger partial charge >= 0.3 is 5.97 Å². The van der Waals surface area contributed by atoms with Gasteiger partial charge in [0.05, 0.1) is 0 Å². The van der Waals surface area contributed by atoms with Gasteiger partial charge < -0.3 is 9.47 Å². The SMILES string of the molecule is C=C1C[C@@H](OC(C)=O)[C@@H]2O[C@@H]2C1=O. The summed E-state index contributed by atoms with van der Waals surface area (Å²) in [6, 6.07) is 0. The number of hydrogen-bond donors (Lipinski definition) is 0. The molecule has 0 amide bonds. The van der Waals surface area contributed by atoms with Crippen LogP contribution in [0.4, 0.5) is 0 Å². The molecule has 2 rings (SSSR count). The summed E-state index contributed by atoms with van der Waals surface area (Å²) in [6.07, 6.45) is -0.528. The van der Waals surface area contributed by atoms with Crippen LogP contribution in [-0.4, -0.2) is 30.1 Å².